The fourth-order valence-corrected chi connectivity index (χ4v) is 1.35. The Morgan fingerprint density at radius 3 is 2.79 bits per heavy atom. The molecule has 1 rings (SSSR count). The average Bonchev–Trinajstić information content (AvgIpc) is 2.20. The van der Waals surface area contributed by atoms with Gasteiger partial charge in [0.05, 0.1) is 0 Å². The maximum Gasteiger partial charge on any atom is 0.288 e. The van der Waals surface area contributed by atoms with Crippen molar-refractivity contribution >= 4 is 17.9 Å². The van der Waals surface area contributed by atoms with Gasteiger partial charge in [0.2, 0.25) is 6.29 Å². The van der Waals surface area contributed by atoms with Gasteiger partial charge in [-0.1, -0.05) is 25.1 Å². The smallest absolute Gasteiger partial charge is 0.288 e. The summed E-state index contributed by atoms with van der Waals surface area (Å²) in [6.07, 6.45) is 1.11. The lowest BCUT2D eigenvalue weighted by molar-refractivity contribution is -0.127. The number of carbonyl (C=O) groups is 2. The molecular weight excluding hydrogens is 178 g/mol. The molecule has 0 heterocycles. The van der Waals surface area contributed by atoms with Crippen LogP contribution in [0.1, 0.15) is 18.1 Å². The van der Waals surface area contributed by atoms with Crippen molar-refractivity contribution < 1.29 is 9.59 Å². The second kappa shape index (κ2) is 4.56. The minimum absolute atomic E-state index is 0.284. The number of aldehydes is 1. The Balaban J connectivity index is 3.04. The number of hydrogen-bond donors (Lipinski definition) is 1. The van der Waals surface area contributed by atoms with Gasteiger partial charge in [0.25, 0.3) is 5.91 Å². The normalized spacial score (nSPS) is 9.57. The fourth-order valence-electron chi connectivity index (χ4n) is 1.35. The van der Waals surface area contributed by atoms with Crippen molar-refractivity contribution in [2.75, 3.05) is 5.32 Å². The predicted octanol–water partition coefficient (Wildman–Crippen LogP) is 1.69. The van der Waals surface area contributed by atoms with E-state index in [9.17, 15) is 9.59 Å². The second-order valence-electron chi connectivity index (χ2n) is 3.07. The Bertz CT molecular complexity index is 358. The van der Waals surface area contributed by atoms with Gasteiger partial charge in [0.15, 0.2) is 0 Å². The van der Waals surface area contributed by atoms with Gasteiger partial charge in [-0.3, -0.25) is 9.59 Å². The van der Waals surface area contributed by atoms with Gasteiger partial charge in [-0.15, -0.1) is 0 Å². The van der Waals surface area contributed by atoms with Gasteiger partial charge in [-0.25, -0.2) is 0 Å². The lowest BCUT2D eigenvalue weighted by Crippen LogP contribution is -2.14. The van der Waals surface area contributed by atoms with E-state index >= 15 is 0 Å². The van der Waals surface area contributed by atoms with E-state index in [1.165, 1.54) is 0 Å². The summed E-state index contributed by atoms with van der Waals surface area (Å²) in [6.45, 7) is 3.91. The molecule has 0 bridgehead atoms. The maximum atomic E-state index is 10.9. The molecule has 0 fully saturated rings. The highest BCUT2D eigenvalue weighted by Gasteiger charge is 2.06. The molecule has 0 aliphatic rings. The first kappa shape index (κ1) is 10.4. The summed E-state index contributed by atoms with van der Waals surface area (Å²) in [6, 6.07) is 5.78. The summed E-state index contributed by atoms with van der Waals surface area (Å²) >= 11 is 0. The van der Waals surface area contributed by atoms with Crippen LogP contribution in [0.5, 0.6) is 0 Å². The topological polar surface area (TPSA) is 46.2 Å². The van der Waals surface area contributed by atoms with E-state index in [2.05, 4.69) is 5.32 Å². The molecule has 0 radical (unpaired) electrons. The van der Waals surface area contributed by atoms with E-state index in [1.54, 1.807) is 0 Å². The fraction of sp³-hybridized carbons (Fsp3) is 0.273. The molecule has 0 unspecified atom stereocenters. The average molecular weight is 191 g/mol. The molecule has 74 valence electrons. The second-order valence-corrected chi connectivity index (χ2v) is 3.07. The Kier molecular flexibility index (Phi) is 3.40. The summed E-state index contributed by atoms with van der Waals surface area (Å²) < 4.78 is 0. The molecule has 0 aliphatic carbocycles. The number of aryl methyl sites for hydroxylation is 2. The van der Waals surface area contributed by atoms with Crippen LogP contribution in [0.3, 0.4) is 0 Å². The minimum atomic E-state index is -0.603. The third-order valence-electron chi connectivity index (χ3n) is 2.10. The molecule has 0 aromatic heterocycles. The third-order valence-corrected chi connectivity index (χ3v) is 2.10. The van der Waals surface area contributed by atoms with Crippen molar-refractivity contribution in [3.05, 3.63) is 29.3 Å². The van der Waals surface area contributed by atoms with Crippen LogP contribution in [0, 0.1) is 6.92 Å². The van der Waals surface area contributed by atoms with Crippen LogP contribution >= 0.6 is 0 Å². The monoisotopic (exact) mass is 191 g/mol. The van der Waals surface area contributed by atoms with Crippen LogP contribution in [0.15, 0.2) is 18.2 Å². The lowest BCUT2D eigenvalue weighted by Gasteiger charge is -2.10. The first-order valence-electron chi connectivity index (χ1n) is 4.53. The maximum absolute atomic E-state index is 10.9. The largest absolute Gasteiger partial charge is 0.319 e. The summed E-state index contributed by atoms with van der Waals surface area (Å²) in [4.78, 5) is 21.1. The van der Waals surface area contributed by atoms with Crippen molar-refractivity contribution in [1.29, 1.82) is 0 Å². The Morgan fingerprint density at radius 1 is 1.50 bits per heavy atom. The molecule has 0 aliphatic heterocycles. The molecule has 0 saturated heterocycles. The molecule has 1 aromatic carbocycles. The van der Waals surface area contributed by atoms with Crippen LogP contribution in [0.25, 0.3) is 0 Å². The van der Waals surface area contributed by atoms with Crippen LogP contribution in [-0.4, -0.2) is 12.2 Å². The molecule has 1 N–H and O–H groups in total. The highest BCUT2D eigenvalue weighted by Crippen LogP contribution is 2.20. The van der Waals surface area contributed by atoms with Crippen LogP contribution < -0.4 is 5.32 Å². The van der Waals surface area contributed by atoms with Crippen molar-refractivity contribution in [3.8, 4) is 0 Å². The van der Waals surface area contributed by atoms with Gasteiger partial charge in [0.1, 0.15) is 0 Å². The summed E-state index contributed by atoms with van der Waals surface area (Å²) in [5, 5.41) is 2.57. The number of anilines is 1. The molecule has 0 atom stereocenters. The molecule has 3 heteroatoms. The summed E-state index contributed by atoms with van der Waals surface area (Å²) in [5.41, 5.74) is 2.77. The Morgan fingerprint density at radius 2 is 2.21 bits per heavy atom. The predicted molar refractivity (Wildman–Crippen MR) is 55.3 cm³/mol. The van der Waals surface area contributed by atoms with Crippen LogP contribution in [0.2, 0.25) is 0 Å². The van der Waals surface area contributed by atoms with Gasteiger partial charge in [-0.2, -0.15) is 0 Å². The highest BCUT2D eigenvalue weighted by molar-refractivity contribution is 6.29. The lowest BCUT2D eigenvalue weighted by atomic mass is 10.1. The molecule has 3 nitrogen and oxygen atoms in total. The summed E-state index contributed by atoms with van der Waals surface area (Å²) in [7, 11) is 0. The number of nitrogens with one attached hydrogen (secondary N) is 1. The van der Waals surface area contributed by atoms with Crippen LogP contribution in [-0.2, 0) is 16.0 Å². The number of benzene rings is 1. The molecule has 1 aromatic rings. The number of carbonyl (C=O) groups excluding carboxylic acids is 2. The highest BCUT2D eigenvalue weighted by atomic mass is 16.2. The molecule has 14 heavy (non-hydrogen) atoms. The molecular formula is C11H13NO2. The van der Waals surface area contributed by atoms with Crippen molar-refractivity contribution in [3.63, 3.8) is 0 Å². The van der Waals surface area contributed by atoms with Gasteiger partial charge in [-0.05, 0) is 24.5 Å². The quantitative estimate of drug-likeness (QED) is 0.583. The number of hydrogen-bond acceptors (Lipinski definition) is 2. The van der Waals surface area contributed by atoms with Crippen molar-refractivity contribution in [2.24, 2.45) is 0 Å². The minimum Gasteiger partial charge on any atom is -0.319 e. The number of para-hydroxylation sites is 1. The number of amides is 1. The standard InChI is InChI=1S/C11H13NO2/c1-3-9-6-4-5-8(2)11(9)12-10(14)7-13/h4-7H,3H2,1-2H3,(H,12,14). The van der Waals surface area contributed by atoms with E-state index in [1.807, 2.05) is 32.0 Å². The van der Waals surface area contributed by atoms with E-state index in [0.29, 0.717) is 0 Å². The Hall–Kier alpha value is -1.64. The first-order chi connectivity index (χ1) is 6.69. The van der Waals surface area contributed by atoms with E-state index < -0.39 is 5.91 Å². The molecule has 0 saturated carbocycles. The van der Waals surface area contributed by atoms with Gasteiger partial charge >= 0.3 is 0 Å². The number of rotatable bonds is 3. The summed E-state index contributed by atoms with van der Waals surface area (Å²) in [5.74, 6) is -0.603. The van der Waals surface area contributed by atoms with Crippen molar-refractivity contribution in [2.45, 2.75) is 20.3 Å². The zero-order valence-corrected chi connectivity index (χ0v) is 8.33. The van der Waals surface area contributed by atoms with E-state index in [4.69, 9.17) is 0 Å². The zero-order valence-electron chi connectivity index (χ0n) is 8.33. The SMILES string of the molecule is CCc1cccc(C)c1NC(=O)C=O. The Labute approximate surface area is 83.1 Å². The first-order valence-corrected chi connectivity index (χ1v) is 4.53. The van der Waals surface area contributed by atoms with Crippen LogP contribution in [0.4, 0.5) is 5.69 Å². The third kappa shape index (κ3) is 2.19. The van der Waals surface area contributed by atoms with Gasteiger partial charge in [0, 0.05) is 5.69 Å². The van der Waals surface area contributed by atoms with E-state index in [-0.39, 0.29) is 6.29 Å². The zero-order chi connectivity index (χ0) is 10.6. The molecule has 0 spiro atoms. The molecule has 1 amide bonds. The van der Waals surface area contributed by atoms with E-state index in [0.717, 1.165) is 23.2 Å². The van der Waals surface area contributed by atoms with Crippen molar-refractivity contribution in [1.82, 2.24) is 0 Å². The van der Waals surface area contributed by atoms with Gasteiger partial charge < -0.3 is 5.32 Å².